The van der Waals surface area contributed by atoms with Gasteiger partial charge in [0, 0.05) is 18.6 Å². The highest BCUT2D eigenvalue weighted by atomic mass is 16.3. The number of rotatable bonds is 7. The van der Waals surface area contributed by atoms with Gasteiger partial charge in [-0.25, -0.2) is 0 Å². The molecule has 0 aromatic carbocycles. The highest BCUT2D eigenvalue weighted by molar-refractivity contribution is 4.68. The van der Waals surface area contributed by atoms with Crippen molar-refractivity contribution >= 4 is 0 Å². The third kappa shape index (κ3) is 5.52. The first-order valence-electron chi connectivity index (χ1n) is 4.82. The molecule has 0 saturated heterocycles. The first-order chi connectivity index (χ1) is 5.74. The number of hydrogen-bond donors (Lipinski definition) is 3. The van der Waals surface area contributed by atoms with E-state index in [4.69, 9.17) is 5.11 Å². The first-order valence-corrected chi connectivity index (χ1v) is 4.82. The highest BCUT2D eigenvalue weighted by Gasteiger charge is 2.05. The molecule has 3 nitrogen and oxygen atoms in total. The summed E-state index contributed by atoms with van der Waals surface area (Å²) < 4.78 is 0. The molecule has 0 heterocycles. The van der Waals surface area contributed by atoms with Gasteiger partial charge in [0.05, 0.1) is 6.61 Å². The summed E-state index contributed by atoms with van der Waals surface area (Å²) in [5.74, 6) is 0. The zero-order chi connectivity index (χ0) is 9.40. The lowest BCUT2D eigenvalue weighted by Gasteiger charge is -2.18. The van der Waals surface area contributed by atoms with Crippen molar-refractivity contribution < 1.29 is 5.11 Å². The Morgan fingerprint density at radius 3 is 2.33 bits per heavy atom. The topological polar surface area (TPSA) is 44.3 Å². The van der Waals surface area contributed by atoms with E-state index in [1.54, 1.807) is 0 Å². The SMILES string of the molecule is CCNC(C)CNC(CC)CO. The summed E-state index contributed by atoms with van der Waals surface area (Å²) in [6, 6.07) is 0.738. The molecule has 0 aromatic rings. The molecular formula is C9H22N2O. The summed E-state index contributed by atoms with van der Waals surface area (Å²) in [6.07, 6.45) is 0.981. The van der Waals surface area contributed by atoms with E-state index >= 15 is 0 Å². The molecule has 0 spiro atoms. The van der Waals surface area contributed by atoms with Crippen LogP contribution in [0.5, 0.6) is 0 Å². The Hall–Kier alpha value is -0.120. The minimum atomic E-state index is 0.231. The minimum Gasteiger partial charge on any atom is -0.395 e. The Kier molecular flexibility index (Phi) is 7.45. The normalized spacial score (nSPS) is 16.0. The number of nitrogens with one attached hydrogen (secondary N) is 2. The Bertz CT molecular complexity index is 94.5. The van der Waals surface area contributed by atoms with Crippen LogP contribution in [-0.2, 0) is 0 Å². The quantitative estimate of drug-likeness (QED) is 0.521. The lowest BCUT2D eigenvalue weighted by molar-refractivity contribution is 0.236. The largest absolute Gasteiger partial charge is 0.395 e. The van der Waals surface area contributed by atoms with Crippen molar-refractivity contribution in [2.24, 2.45) is 0 Å². The van der Waals surface area contributed by atoms with Crippen LogP contribution in [-0.4, -0.2) is 36.9 Å². The van der Waals surface area contributed by atoms with Crippen LogP contribution in [0.1, 0.15) is 27.2 Å². The van der Waals surface area contributed by atoms with Gasteiger partial charge in [-0.3, -0.25) is 0 Å². The molecule has 3 N–H and O–H groups in total. The fourth-order valence-corrected chi connectivity index (χ4v) is 1.10. The Balaban J connectivity index is 3.37. The molecule has 0 aliphatic heterocycles. The lowest BCUT2D eigenvalue weighted by atomic mass is 10.2. The average molecular weight is 174 g/mol. The van der Waals surface area contributed by atoms with E-state index in [1.165, 1.54) is 0 Å². The average Bonchev–Trinajstić information content (AvgIpc) is 2.07. The standard InChI is InChI=1S/C9H22N2O/c1-4-9(7-12)11-6-8(3)10-5-2/h8-12H,4-7H2,1-3H3. The monoisotopic (exact) mass is 174 g/mol. The van der Waals surface area contributed by atoms with E-state index < -0.39 is 0 Å². The summed E-state index contributed by atoms with van der Waals surface area (Å²) in [4.78, 5) is 0. The van der Waals surface area contributed by atoms with E-state index in [-0.39, 0.29) is 12.6 Å². The van der Waals surface area contributed by atoms with Crippen molar-refractivity contribution in [2.45, 2.75) is 39.3 Å². The molecule has 2 atom stereocenters. The molecule has 74 valence electrons. The third-order valence-corrected chi connectivity index (χ3v) is 1.98. The molecule has 12 heavy (non-hydrogen) atoms. The zero-order valence-corrected chi connectivity index (χ0v) is 8.43. The first kappa shape index (κ1) is 11.9. The van der Waals surface area contributed by atoms with Crippen LogP contribution in [0, 0.1) is 0 Å². The number of aliphatic hydroxyl groups is 1. The Morgan fingerprint density at radius 2 is 1.92 bits per heavy atom. The predicted molar refractivity (Wildman–Crippen MR) is 52.3 cm³/mol. The van der Waals surface area contributed by atoms with Crippen molar-refractivity contribution in [3.63, 3.8) is 0 Å². The fourth-order valence-electron chi connectivity index (χ4n) is 1.10. The number of aliphatic hydroxyl groups excluding tert-OH is 1. The van der Waals surface area contributed by atoms with Gasteiger partial charge < -0.3 is 15.7 Å². The second-order valence-corrected chi connectivity index (χ2v) is 3.15. The second kappa shape index (κ2) is 7.53. The van der Waals surface area contributed by atoms with E-state index in [0.717, 1.165) is 19.5 Å². The van der Waals surface area contributed by atoms with Crippen molar-refractivity contribution in [1.82, 2.24) is 10.6 Å². The summed E-state index contributed by atoms with van der Waals surface area (Å²) in [7, 11) is 0. The van der Waals surface area contributed by atoms with Gasteiger partial charge >= 0.3 is 0 Å². The van der Waals surface area contributed by atoms with Gasteiger partial charge in [-0.1, -0.05) is 13.8 Å². The predicted octanol–water partition coefficient (Wildman–Crippen LogP) is 0.345. The molecular weight excluding hydrogens is 152 g/mol. The Morgan fingerprint density at radius 1 is 1.25 bits per heavy atom. The lowest BCUT2D eigenvalue weighted by Crippen LogP contribution is -2.42. The Labute approximate surface area is 75.6 Å². The maximum absolute atomic E-state index is 8.89. The maximum atomic E-state index is 8.89. The summed E-state index contributed by atoms with van der Waals surface area (Å²) in [6.45, 7) is 8.47. The van der Waals surface area contributed by atoms with Gasteiger partial charge in [0.25, 0.3) is 0 Å². The molecule has 0 fully saturated rings. The van der Waals surface area contributed by atoms with Crippen molar-refractivity contribution in [3.05, 3.63) is 0 Å². The molecule has 3 heteroatoms. The van der Waals surface area contributed by atoms with Crippen LogP contribution in [0.2, 0.25) is 0 Å². The molecule has 0 bridgehead atoms. The molecule has 0 saturated carbocycles. The van der Waals surface area contributed by atoms with Crippen LogP contribution in [0.4, 0.5) is 0 Å². The molecule has 0 amide bonds. The number of hydrogen-bond acceptors (Lipinski definition) is 3. The van der Waals surface area contributed by atoms with Gasteiger partial charge in [-0.2, -0.15) is 0 Å². The van der Waals surface area contributed by atoms with Crippen LogP contribution in [0.3, 0.4) is 0 Å². The van der Waals surface area contributed by atoms with E-state index in [2.05, 4.69) is 31.4 Å². The van der Waals surface area contributed by atoms with E-state index in [1.807, 2.05) is 0 Å². The van der Waals surface area contributed by atoms with Gasteiger partial charge in [0.15, 0.2) is 0 Å². The van der Waals surface area contributed by atoms with Crippen molar-refractivity contribution in [2.75, 3.05) is 19.7 Å². The van der Waals surface area contributed by atoms with Gasteiger partial charge in [-0.15, -0.1) is 0 Å². The van der Waals surface area contributed by atoms with Gasteiger partial charge in [0.2, 0.25) is 0 Å². The van der Waals surface area contributed by atoms with Crippen LogP contribution >= 0.6 is 0 Å². The van der Waals surface area contributed by atoms with E-state index in [0.29, 0.717) is 6.04 Å². The smallest absolute Gasteiger partial charge is 0.0584 e. The van der Waals surface area contributed by atoms with Crippen LogP contribution in [0.15, 0.2) is 0 Å². The zero-order valence-electron chi connectivity index (χ0n) is 8.43. The van der Waals surface area contributed by atoms with Crippen molar-refractivity contribution in [3.8, 4) is 0 Å². The summed E-state index contributed by atoms with van der Waals surface area (Å²) >= 11 is 0. The van der Waals surface area contributed by atoms with Gasteiger partial charge in [0.1, 0.15) is 0 Å². The molecule has 0 rings (SSSR count). The molecule has 0 aliphatic rings. The van der Waals surface area contributed by atoms with Crippen LogP contribution in [0.25, 0.3) is 0 Å². The fraction of sp³-hybridized carbons (Fsp3) is 1.00. The number of likely N-dealkylation sites (N-methyl/N-ethyl adjacent to an activating group) is 1. The molecule has 2 unspecified atom stereocenters. The van der Waals surface area contributed by atoms with E-state index in [9.17, 15) is 0 Å². The molecule has 0 aliphatic carbocycles. The van der Waals surface area contributed by atoms with Gasteiger partial charge in [-0.05, 0) is 19.9 Å². The minimum absolute atomic E-state index is 0.231. The molecule has 0 radical (unpaired) electrons. The maximum Gasteiger partial charge on any atom is 0.0584 e. The van der Waals surface area contributed by atoms with Crippen molar-refractivity contribution in [1.29, 1.82) is 0 Å². The molecule has 0 aromatic heterocycles. The third-order valence-electron chi connectivity index (χ3n) is 1.98. The second-order valence-electron chi connectivity index (χ2n) is 3.15. The summed E-state index contributed by atoms with van der Waals surface area (Å²) in [5, 5.41) is 15.5. The van der Waals surface area contributed by atoms with Crippen LogP contribution < -0.4 is 10.6 Å². The highest BCUT2D eigenvalue weighted by Crippen LogP contribution is 1.89. The summed E-state index contributed by atoms with van der Waals surface area (Å²) in [5.41, 5.74) is 0.